The van der Waals surface area contributed by atoms with Crippen LogP contribution in [0.2, 0.25) is 5.02 Å². The Labute approximate surface area is 144 Å². The lowest BCUT2D eigenvalue weighted by Gasteiger charge is -2.26. The van der Waals surface area contributed by atoms with Crippen LogP contribution in [0.5, 0.6) is 0 Å². The van der Waals surface area contributed by atoms with Crippen LogP contribution >= 0.6 is 35.8 Å². The van der Waals surface area contributed by atoms with Gasteiger partial charge in [-0.25, -0.2) is 0 Å². The Morgan fingerprint density at radius 1 is 1.45 bits per heavy atom. The molecule has 3 rings (SSSR count). The molecule has 0 spiro atoms. The Kier molecular flexibility index (Phi) is 5.81. The molecule has 1 aromatic heterocycles. The number of hydrogen-bond donors (Lipinski definition) is 2. The number of carbonyl (C=O) groups excluding carboxylic acids is 1. The van der Waals surface area contributed by atoms with Gasteiger partial charge in [-0.1, -0.05) is 11.6 Å². The van der Waals surface area contributed by atoms with Gasteiger partial charge >= 0.3 is 0 Å². The van der Waals surface area contributed by atoms with E-state index < -0.39 is 0 Å². The average Bonchev–Trinajstić information content (AvgIpc) is 2.97. The van der Waals surface area contributed by atoms with E-state index >= 15 is 0 Å². The molecule has 1 aliphatic rings. The fraction of sp³-hybridized carbons (Fsp3) is 0.267. The van der Waals surface area contributed by atoms with Crippen molar-refractivity contribution in [2.75, 3.05) is 5.75 Å². The van der Waals surface area contributed by atoms with Crippen LogP contribution in [0.15, 0.2) is 39.8 Å². The zero-order valence-corrected chi connectivity index (χ0v) is 14.1. The van der Waals surface area contributed by atoms with Crippen molar-refractivity contribution in [2.24, 2.45) is 5.73 Å². The summed E-state index contributed by atoms with van der Waals surface area (Å²) in [6, 6.07) is 7.45. The maximum absolute atomic E-state index is 12.3. The Morgan fingerprint density at radius 3 is 3.00 bits per heavy atom. The van der Waals surface area contributed by atoms with Crippen molar-refractivity contribution < 1.29 is 9.21 Å². The predicted octanol–water partition coefficient (Wildman–Crippen LogP) is 3.78. The zero-order valence-electron chi connectivity index (χ0n) is 11.7. The van der Waals surface area contributed by atoms with E-state index in [-0.39, 0.29) is 30.9 Å². The van der Waals surface area contributed by atoms with Crippen LogP contribution in [-0.2, 0) is 6.54 Å². The van der Waals surface area contributed by atoms with E-state index in [9.17, 15) is 4.79 Å². The first kappa shape index (κ1) is 17.2. The maximum Gasteiger partial charge on any atom is 0.255 e. The SMILES string of the molecule is Cl.NCc1cc(C(=O)NC2CCSc3ccc(Cl)cc32)co1. The van der Waals surface area contributed by atoms with Crippen molar-refractivity contribution in [2.45, 2.75) is 23.9 Å². The Morgan fingerprint density at radius 2 is 2.27 bits per heavy atom. The summed E-state index contributed by atoms with van der Waals surface area (Å²) in [5.74, 6) is 1.42. The number of nitrogens with one attached hydrogen (secondary N) is 1. The highest BCUT2D eigenvalue weighted by atomic mass is 35.5. The molecule has 2 heterocycles. The molecule has 0 saturated carbocycles. The van der Waals surface area contributed by atoms with Crippen molar-refractivity contribution >= 4 is 41.7 Å². The fourth-order valence-electron chi connectivity index (χ4n) is 2.36. The van der Waals surface area contributed by atoms with Crippen LogP contribution < -0.4 is 11.1 Å². The highest BCUT2D eigenvalue weighted by Gasteiger charge is 2.23. The second-order valence-electron chi connectivity index (χ2n) is 4.85. The molecule has 0 aliphatic carbocycles. The standard InChI is InChI=1S/C15H15ClN2O2S.ClH/c16-10-1-2-14-12(6-10)13(3-4-21-14)18-15(19)9-5-11(7-17)20-8-9;/h1-2,5-6,8,13H,3-4,7,17H2,(H,18,19);1H. The van der Waals surface area contributed by atoms with E-state index in [2.05, 4.69) is 5.32 Å². The molecule has 0 fully saturated rings. The molecule has 4 nitrogen and oxygen atoms in total. The largest absolute Gasteiger partial charge is 0.467 e. The van der Waals surface area contributed by atoms with Crippen LogP contribution in [-0.4, -0.2) is 11.7 Å². The van der Waals surface area contributed by atoms with Crippen LogP contribution in [0.25, 0.3) is 0 Å². The van der Waals surface area contributed by atoms with E-state index in [4.69, 9.17) is 21.8 Å². The number of nitrogens with two attached hydrogens (primary N) is 1. The summed E-state index contributed by atoms with van der Waals surface area (Å²) in [6.07, 6.45) is 2.32. The normalized spacial score (nSPS) is 16.5. The van der Waals surface area contributed by atoms with Crippen molar-refractivity contribution in [3.05, 3.63) is 52.4 Å². The van der Waals surface area contributed by atoms with Crippen LogP contribution in [0.3, 0.4) is 0 Å². The minimum Gasteiger partial charge on any atom is -0.467 e. The number of benzene rings is 1. The molecule has 7 heteroatoms. The van der Waals surface area contributed by atoms with Gasteiger partial charge in [-0.15, -0.1) is 24.2 Å². The van der Waals surface area contributed by atoms with Crippen molar-refractivity contribution in [1.82, 2.24) is 5.32 Å². The number of hydrogen-bond acceptors (Lipinski definition) is 4. The maximum atomic E-state index is 12.3. The second-order valence-corrected chi connectivity index (χ2v) is 6.42. The molecule has 0 bridgehead atoms. The minimum absolute atomic E-state index is 0. The molecule has 3 N–H and O–H groups in total. The number of thioether (sulfide) groups is 1. The van der Waals surface area contributed by atoms with Crippen molar-refractivity contribution in [3.8, 4) is 0 Å². The van der Waals surface area contributed by atoms with Gasteiger partial charge in [0.05, 0.1) is 18.2 Å². The van der Waals surface area contributed by atoms with Gasteiger partial charge < -0.3 is 15.5 Å². The minimum atomic E-state index is -0.152. The third-order valence-corrected chi connectivity index (χ3v) is 4.79. The monoisotopic (exact) mass is 358 g/mol. The van der Waals surface area contributed by atoms with Crippen molar-refractivity contribution in [1.29, 1.82) is 0 Å². The molecule has 1 atom stereocenters. The molecule has 1 amide bonds. The summed E-state index contributed by atoms with van der Waals surface area (Å²) in [5.41, 5.74) is 7.06. The summed E-state index contributed by atoms with van der Waals surface area (Å²) < 4.78 is 5.20. The third-order valence-electron chi connectivity index (χ3n) is 3.43. The van der Waals surface area contributed by atoms with Gasteiger partial charge in [0.25, 0.3) is 5.91 Å². The third kappa shape index (κ3) is 3.60. The first-order chi connectivity index (χ1) is 10.2. The number of amides is 1. The Balaban J connectivity index is 0.00000176. The van der Waals surface area contributed by atoms with Gasteiger partial charge in [-0.3, -0.25) is 4.79 Å². The molecule has 0 radical (unpaired) electrons. The molecule has 1 aliphatic heterocycles. The molecule has 2 aromatic rings. The summed E-state index contributed by atoms with van der Waals surface area (Å²) in [7, 11) is 0. The first-order valence-corrected chi connectivity index (χ1v) is 8.04. The topological polar surface area (TPSA) is 68.3 Å². The number of fused-ring (bicyclic) bond motifs is 1. The number of furan rings is 1. The summed E-state index contributed by atoms with van der Waals surface area (Å²) >= 11 is 7.85. The average molecular weight is 359 g/mol. The van der Waals surface area contributed by atoms with E-state index in [1.165, 1.54) is 11.2 Å². The van der Waals surface area contributed by atoms with Gasteiger partial charge in [0.2, 0.25) is 0 Å². The molecule has 1 unspecified atom stereocenters. The molecular weight excluding hydrogens is 343 g/mol. The highest BCUT2D eigenvalue weighted by molar-refractivity contribution is 7.99. The van der Waals surface area contributed by atoms with Crippen LogP contribution in [0.4, 0.5) is 0 Å². The van der Waals surface area contributed by atoms with Crippen LogP contribution in [0, 0.1) is 0 Å². The number of rotatable bonds is 3. The smallest absolute Gasteiger partial charge is 0.255 e. The Hall–Kier alpha value is -1.14. The summed E-state index contributed by atoms with van der Waals surface area (Å²) in [4.78, 5) is 13.5. The zero-order chi connectivity index (χ0) is 14.8. The fourth-order valence-corrected chi connectivity index (χ4v) is 3.65. The van der Waals surface area contributed by atoms with Crippen LogP contribution in [0.1, 0.15) is 34.1 Å². The van der Waals surface area contributed by atoms with E-state index in [0.29, 0.717) is 16.3 Å². The summed E-state index contributed by atoms with van der Waals surface area (Å²) in [6.45, 7) is 0.284. The van der Waals surface area contributed by atoms with Gasteiger partial charge in [0, 0.05) is 15.7 Å². The van der Waals surface area contributed by atoms with E-state index in [0.717, 1.165) is 17.7 Å². The molecule has 0 saturated heterocycles. The van der Waals surface area contributed by atoms with E-state index in [1.807, 2.05) is 18.2 Å². The Bertz CT molecular complexity index is 675. The van der Waals surface area contributed by atoms with Crippen molar-refractivity contribution in [3.63, 3.8) is 0 Å². The lowest BCUT2D eigenvalue weighted by atomic mass is 10.0. The first-order valence-electron chi connectivity index (χ1n) is 6.68. The van der Waals surface area contributed by atoms with E-state index in [1.54, 1.807) is 17.8 Å². The van der Waals surface area contributed by atoms with Gasteiger partial charge in [-0.2, -0.15) is 0 Å². The quantitative estimate of drug-likeness (QED) is 0.875. The second kappa shape index (κ2) is 7.42. The molecule has 22 heavy (non-hydrogen) atoms. The summed E-state index contributed by atoms with van der Waals surface area (Å²) in [5, 5.41) is 3.73. The number of halogens is 2. The lowest BCUT2D eigenvalue weighted by molar-refractivity contribution is 0.0934. The number of carbonyl (C=O) groups is 1. The van der Waals surface area contributed by atoms with Gasteiger partial charge in [0.1, 0.15) is 12.0 Å². The predicted molar refractivity (Wildman–Crippen MR) is 90.8 cm³/mol. The molecule has 1 aromatic carbocycles. The van der Waals surface area contributed by atoms with Gasteiger partial charge in [0.15, 0.2) is 0 Å². The van der Waals surface area contributed by atoms with Gasteiger partial charge in [-0.05, 0) is 36.2 Å². The lowest BCUT2D eigenvalue weighted by Crippen LogP contribution is -2.30. The highest BCUT2D eigenvalue weighted by Crippen LogP contribution is 2.37. The molecular formula is C15H16Cl2N2O2S. The molecule has 118 valence electrons.